The zero-order valence-electron chi connectivity index (χ0n) is 12.0. The van der Waals surface area contributed by atoms with E-state index in [0.29, 0.717) is 12.3 Å². The molecular weight excluding hydrogens is 318 g/mol. The minimum Gasteiger partial charge on any atom is -0.381 e. The van der Waals surface area contributed by atoms with E-state index < -0.39 is 0 Å². The van der Waals surface area contributed by atoms with Crippen molar-refractivity contribution in [3.8, 4) is 0 Å². The number of carbonyl (C=O) groups is 1. The zero-order chi connectivity index (χ0) is 14.4. The van der Waals surface area contributed by atoms with Crippen LogP contribution < -0.4 is 0 Å². The smallest absolute Gasteiger partial charge is 0.165 e. The minimum atomic E-state index is 0.205. The van der Waals surface area contributed by atoms with Crippen molar-refractivity contribution in [2.75, 3.05) is 33.4 Å². The predicted octanol–water partition coefficient (Wildman–Crippen LogP) is 3.38. The van der Waals surface area contributed by atoms with Crippen LogP contribution in [-0.2, 0) is 4.74 Å². The highest BCUT2D eigenvalue weighted by Gasteiger charge is 2.16. The molecule has 0 atom stereocenters. The first kappa shape index (κ1) is 15.7. The Bertz CT molecular complexity index is 444. The Balaban J connectivity index is 1.76. The van der Waals surface area contributed by atoms with E-state index in [-0.39, 0.29) is 5.78 Å². The molecule has 4 heteroatoms. The molecule has 1 aliphatic rings. The summed E-state index contributed by atoms with van der Waals surface area (Å²) < 4.78 is 6.26. The number of ether oxygens (including phenoxy) is 1. The molecule has 3 nitrogen and oxygen atoms in total. The van der Waals surface area contributed by atoms with E-state index in [9.17, 15) is 4.79 Å². The number of nitrogens with zero attached hydrogens (tertiary/aromatic N) is 1. The molecule has 110 valence electrons. The third kappa shape index (κ3) is 4.69. The Labute approximate surface area is 129 Å². The number of rotatable bonds is 6. The number of hydrogen-bond acceptors (Lipinski definition) is 3. The van der Waals surface area contributed by atoms with Crippen LogP contribution in [0.2, 0.25) is 0 Å². The predicted molar refractivity (Wildman–Crippen MR) is 84.1 cm³/mol. The van der Waals surface area contributed by atoms with Crippen molar-refractivity contribution in [1.29, 1.82) is 0 Å². The molecule has 0 unspecified atom stereocenters. The van der Waals surface area contributed by atoms with E-state index in [1.807, 2.05) is 24.3 Å². The van der Waals surface area contributed by atoms with Gasteiger partial charge in [-0.3, -0.25) is 4.79 Å². The molecule has 1 heterocycles. The highest BCUT2D eigenvalue weighted by molar-refractivity contribution is 9.10. The summed E-state index contributed by atoms with van der Waals surface area (Å²) in [5, 5.41) is 0. The van der Waals surface area contributed by atoms with Crippen LogP contribution in [-0.4, -0.2) is 44.0 Å². The summed E-state index contributed by atoms with van der Waals surface area (Å²) >= 11 is 3.44. The zero-order valence-corrected chi connectivity index (χ0v) is 13.6. The SMILES string of the molecule is CN(CCC(=O)c1ccccc1Br)CC1CCOCC1. The summed E-state index contributed by atoms with van der Waals surface area (Å²) in [6, 6.07) is 7.63. The lowest BCUT2D eigenvalue weighted by atomic mass is 9.99. The molecule has 0 aliphatic carbocycles. The molecular formula is C16H22BrNO2. The van der Waals surface area contributed by atoms with Gasteiger partial charge in [0.05, 0.1) is 0 Å². The fraction of sp³-hybridized carbons (Fsp3) is 0.562. The number of hydrogen-bond donors (Lipinski definition) is 0. The van der Waals surface area contributed by atoms with Crippen molar-refractivity contribution >= 4 is 21.7 Å². The van der Waals surface area contributed by atoms with E-state index >= 15 is 0 Å². The minimum absolute atomic E-state index is 0.205. The molecule has 0 aromatic heterocycles. The quantitative estimate of drug-likeness (QED) is 0.744. The molecule has 1 saturated heterocycles. The van der Waals surface area contributed by atoms with Crippen LogP contribution in [0.3, 0.4) is 0 Å². The first-order valence-electron chi connectivity index (χ1n) is 7.21. The second-order valence-corrected chi connectivity index (χ2v) is 6.33. The van der Waals surface area contributed by atoms with Crippen LogP contribution in [0.5, 0.6) is 0 Å². The van der Waals surface area contributed by atoms with E-state index in [2.05, 4.69) is 27.9 Å². The average Bonchev–Trinajstić information content (AvgIpc) is 2.46. The summed E-state index contributed by atoms with van der Waals surface area (Å²) in [4.78, 5) is 14.5. The molecule has 1 aliphatic heterocycles. The van der Waals surface area contributed by atoms with Gasteiger partial charge in [-0.15, -0.1) is 0 Å². The van der Waals surface area contributed by atoms with Crippen molar-refractivity contribution in [3.63, 3.8) is 0 Å². The van der Waals surface area contributed by atoms with Gasteiger partial charge < -0.3 is 9.64 Å². The van der Waals surface area contributed by atoms with Crippen molar-refractivity contribution in [3.05, 3.63) is 34.3 Å². The number of benzene rings is 1. The Morgan fingerprint density at radius 2 is 2.05 bits per heavy atom. The largest absolute Gasteiger partial charge is 0.381 e. The fourth-order valence-electron chi connectivity index (χ4n) is 2.58. The molecule has 0 bridgehead atoms. The maximum Gasteiger partial charge on any atom is 0.165 e. The van der Waals surface area contributed by atoms with E-state index in [1.54, 1.807) is 0 Å². The van der Waals surface area contributed by atoms with Gasteiger partial charge in [0.25, 0.3) is 0 Å². The molecule has 0 saturated carbocycles. The maximum absolute atomic E-state index is 12.2. The van der Waals surface area contributed by atoms with Gasteiger partial charge in [0.1, 0.15) is 0 Å². The molecule has 0 radical (unpaired) electrons. The normalized spacial score (nSPS) is 16.6. The lowest BCUT2D eigenvalue weighted by molar-refractivity contribution is 0.0553. The van der Waals surface area contributed by atoms with Gasteiger partial charge in [0.15, 0.2) is 5.78 Å². The van der Waals surface area contributed by atoms with Crippen LogP contribution in [0.1, 0.15) is 29.6 Å². The number of Topliss-reactive ketones (excluding diaryl/α,β-unsaturated/α-hetero) is 1. The van der Waals surface area contributed by atoms with Crippen molar-refractivity contribution in [1.82, 2.24) is 4.90 Å². The van der Waals surface area contributed by atoms with Crippen LogP contribution in [0.15, 0.2) is 28.7 Å². The molecule has 20 heavy (non-hydrogen) atoms. The molecule has 0 N–H and O–H groups in total. The summed E-state index contributed by atoms with van der Waals surface area (Å²) in [7, 11) is 2.10. The van der Waals surface area contributed by atoms with Gasteiger partial charge in [-0.2, -0.15) is 0 Å². The second kappa shape index (κ2) is 7.91. The highest BCUT2D eigenvalue weighted by Crippen LogP contribution is 2.18. The Hall–Kier alpha value is -0.710. The molecule has 1 aromatic rings. The summed E-state index contributed by atoms with van der Waals surface area (Å²) in [6.45, 7) is 3.65. The standard InChI is InChI=1S/C16H22BrNO2/c1-18(12-13-7-10-20-11-8-13)9-6-16(19)14-4-2-3-5-15(14)17/h2-5,13H,6-12H2,1H3. The second-order valence-electron chi connectivity index (χ2n) is 5.47. The van der Waals surface area contributed by atoms with E-state index in [0.717, 1.165) is 49.2 Å². The third-order valence-corrected chi connectivity index (χ3v) is 4.50. The monoisotopic (exact) mass is 339 g/mol. The van der Waals surface area contributed by atoms with Crippen LogP contribution in [0.4, 0.5) is 0 Å². The number of ketones is 1. The Morgan fingerprint density at radius 3 is 2.75 bits per heavy atom. The summed E-state index contributed by atoms with van der Waals surface area (Å²) in [5.74, 6) is 0.920. The van der Waals surface area contributed by atoms with Gasteiger partial charge >= 0.3 is 0 Å². The fourth-order valence-corrected chi connectivity index (χ4v) is 3.08. The maximum atomic E-state index is 12.2. The van der Waals surface area contributed by atoms with Crippen LogP contribution >= 0.6 is 15.9 Å². The van der Waals surface area contributed by atoms with E-state index in [1.165, 1.54) is 0 Å². The molecule has 2 rings (SSSR count). The van der Waals surface area contributed by atoms with Crippen molar-refractivity contribution < 1.29 is 9.53 Å². The Kier molecular flexibility index (Phi) is 6.20. The Morgan fingerprint density at radius 1 is 1.35 bits per heavy atom. The first-order chi connectivity index (χ1) is 9.66. The van der Waals surface area contributed by atoms with Crippen molar-refractivity contribution in [2.45, 2.75) is 19.3 Å². The number of halogens is 1. The van der Waals surface area contributed by atoms with Crippen LogP contribution in [0.25, 0.3) is 0 Å². The number of carbonyl (C=O) groups excluding carboxylic acids is 1. The van der Waals surface area contributed by atoms with Crippen LogP contribution in [0, 0.1) is 5.92 Å². The molecule has 1 aromatic carbocycles. The van der Waals surface area contributed by atoms with Gasteiger partial charge in [0, 0.05) is 42.8 Å². The summed E-state index contributed by atoms with van der Waals surface area (Å²) in [5.41, 5.74) is 0.784. The van der Waals surface area contributed by atoms with Gasteiger partial charge in [-0.1, -0.05) is 34.1 Å². The topological polar surface area (TPSA) is 29.5 Å². The lowest BCUT2D eigenvalue weighted by Crippen LogP contribution is -2.31. The van der Waals surface area contributed by atoms with E-state index in [4.69, 9.17) is 4.74 Å². The lowest BCUT2D eigenvalue weighted by Gasteiger charge is -2.26. The van der Waals surface area contributed by atoms with Gasteiger partial charge in [-0.25, -0.2) is 0 Å². The van der Waals surface area contributed by atoms with Crippen molar-refractivity contribution in [2.24, 2.45) is 5.92 Å². The van der Waals surface area contributed by atoms with Gasteiger partial charge in [0.2, 0.25) is 0 Å². The molecule has 0 amide bonds. The third-order valence-electron chi connectivity index (χ3n) is 3.81. The molecule has 0 spiro atoms. The first-order valence-corrected chi connectivity index (χ1v) is 8.00. The summed E-state index contributed by atoms with van der Waals surface area (Å²) in [6.07, 6.45) is 2.85. The molecule has 1 fully saturated rings. The van der Waals surface area contributed by atoms with Gasteiger partial charge in [-0.05, 0) is 31.9 Å². The highest BCUT2D eigenvalue weighted by atomic mass is 79.9. The average molecular weight is 340 g/mol.